The minimum absolute atomic E-state index is 0.0336. The van der Waals surface area contributed by atoms with Crippen LogP contribution in [0, 0.1) is 5.82 Å². The molecule has 0 spiro atoms. The van der Waals surface area contributed by atoms with E-state index in [-0.39, 0.29) is 35.7 Å². The van der Waals surface area contributed by atoms with E-state index in [1.165, 1.54) is 12.1 Å². The predicted molar refractivity (Wildman–Crippen MR) is 153 cm³/mol. The molecule has 0 radical (unpaired) electrons. The lowest BCUT2D eigenvalue weighted by Gasteiger charge is -2.38. The van der Waals surface area contributed by atoms with Gasteiger partial charge in [-0.1, -0.05) is 30.3 Å². The first-order chi connectivity index (χ1) is 19.2. The van der Waals surface area contributed by atoms with Gasteiger partial charge < -0.3 is 25.8 Å². The number of hydrogen-bond acceptors (Lipinski definition) is 4. The maximum atomic E-state index is 14.0. The zero-order valence-electron chi connectivity index (χ0n) is 23.4. The minimum Gasteiger partial charge on any atom is -0.341 e. The van der Waals surface area contributed by atoms with Gasteiger partial charge in [-0.05, 0) is 88.2 Å². The fraction of sp³-hybridized carbons (Fsp3) is 0.516. The van der Waals surface area contributed by atoms with E-state index in [0.717, 1.165) is 30.6 Å². The number of rotatable bonds is 8. The molecule has 0 unspecified atom stereocenters. The summed E-state index contributed by atoms with van der Waals surface area (Å²) >= 11 is 0. The summed E-state index contributed by atoms with van der Waals surface area (Å²) in [6.45, 7) is 6.14. The molecule has 2 aromatic carbocycles. The molecule has 2 fully saturated rings. The summed E-state index contributed by atoms with van der Waals surface area (Å²) < 4.78 is 14.0. The number of carbonyl (C=O) groups is 3. The van der Waals surface area contributed by atoms with E-state index in [2.05, 4.69) is 16.0 Å². The van der Waals surface area contributed by atoms with Gasteiger partial charge in [0.05, 0.1) is 5.41 Å². The van der Waals surface area contributed by atoms with Crippen molar-refractivity contribution < 1.29 is 18.8 Å². The molecule has 2 saturated heterocycles. The van der Waals surface area contributed by atoms with Crippen LogP contribution >= 0.6 is 0 Å². The van der Waals surface area contributed by atoms with Gasteiger partial charge in [0.25, 0.3) is 0 Å². The molecule has 0 bridgehead atoms. The monoisotopic (exact) mass is 549 g/mol. The van der Waals surface area contributed by atoms with E-state index in [9.17, 15) is 18.8 Å². The summed E-state index contributed by atoms with van der Waals surface area (Å²) in [5.41, 5.74) is 1.79. The summed E-state index contributed by atoms with van der Waals surface area (Å²) in [6.07, 6.45) is 4.54. The van der Waals surface area contributed by atoms with Crippen molar-refractivity contribution in [3.05, 3.63) is 65.5 Å². The number of amides is 4. The van der Waals surface area contributed by atoms with Gasteiger partial charge >= 0.3 is 6.03 Å². The standard InChI is InChI=1S/C31H40FN5O3/c1-31(2)25-19-22(32)11-13-27(25)37(29(31)39)24-14-17-36(18-15-24)28(38)26(12-10-21-7-4-3-5-8-21)35-30(40)34-20-23-9-6-16-33-23/h3-5,7-8,11,13,19,23-24,26,33H,6,9-10,12,14-18,20H2,1-2H3,(H2,34,35,40)/t23-,26-/m0/s1. The quantitative estimate of drug-likeness (QED) is 0.470. The Kier molecular flexibility index (Phi) is 8.40. The minimum atomic E-state index is -0.793. The summed E-state index contributed by atoms with van der Waals surface area (Å²) in [5, 5.41) is 9.24. The Morgan fingerprint density at radius 1 is 1.10 bits per heavy atom. The zero-order valence-corrected chi connectivity index (χ0v) is 23.4. The highest BCUT2D eigenvalue weighted by atomic mass is 19.1. The van der Waals surface area contributed by atoms with Crippen LogP contribution in [0.15, 0.2) is 48.5 Å². The lowest BCUT2D eigenvalue weighted by atomic mass is 9.86. The van der Waals surface area contributed by atoms with Gasteiger partial charge in [-0.3, -0.25) is 9.59 Å². The van der Waals surface area contributed by atoms with Crippen molar-refractivity contribution in [3.8, 4) is 0 Å². The van der Waals surface area contributed by atoms with Crippen molar-refractivity contribution in [2.75, 3.05) is 31.1 Å². The van der Waals surface area contributed by atoms with E-state index >= 15 is 0 Å². The molecule has 8 nitrogen and oxygen atoms in total. The molecule has 0 saturated carbocycles. The second kappa shape index (κ2) is 12.0. The van der Waals surface area contributed by atoms with Crippen molar-refractivity contribution in [1.82, 2.24) is 20.9 Å². The lowest BCUT2D eigenvalue weighted by molar-refractivity contribution is -0.134. The second-order valence-electron chi connectivity index (χ2n) is 11.7. The molecule has 3 N–H and O–H groups in total. The second-order valence-corrected chi connectivity index (χ2v) is 11.7. The molecule has 9 heteroatoms. The predicted octanol–water partition coefficient (Wildman–Crippen LogP) is 3.49. The summed E-state index contributed by atoms with van der Waals surface area (Å²) in [5.74, 6) is -0.479. The van der Waals surface area contributed by atoms with Gasteiger partial charge in [-0.2, -0.15) is 0 Å². The molecular formula is C31H40FN5O3. The highest BCUT2D eigenvalue weighted by Gasteiger charge is 2.47. The maximum absolute atomic E-state index is 14.0. The Labute approximate surface area is 235 Å². The Balaban J connectivity index is 1.23. The Bertz CT molecular complexity index is 1220. The van der Waals surface area contributed by atoms with Crippen LogP contribution in [0.1, 0.15) is 57.1 Å². The number of carbonyl (C=O) groups excluding carboxylic acids is 3. The van der Waals surface area contributed by atoms with Crippen LogP contribution in [0.4, 0.5) is 14.9 Å². The first-order valence-electron chi connectivity index (χ1n) is 14.5. The van der Waals surface area contributed by atoms with Gasteiger partial charge in [0.2, 0.25) is 11.8 Å². The average molecular weight is 550 g/mol. The van der Waals surface area contributed by atoms with Crippen LogP contribution in [0.2, 0.25) is 0 Å². The molecule has 0 aromatic heterocycles. The number of fused-ring (bicyclic) bond motifs is 1. The van der Waals surface area contributed by atoms with Gasteiger partial charge in [0, 0.05) is 37.4 Å². The molecule has 3 aliphatic heterocycles. The number of aryl methyl sites for hydroxylation is 1. The van der Waals surface area contributed by atoms with Crippen molar-refractivity contribution in [2.45, 2.75) is 75.9 Å². The van der Waals surface area contributed by atoms with Crippen molar-refractivity contribution in [1.29, 1.82) is 0 Å². The van der Waals surface area contributed by atoms with Crippen molar-refractivity contribution >= 4 is 23.5 Å². The number of urea groups is 1. The first-order valence-corrected chi connectivity index (χ1v) is 14.5. The number of piperidine rings is 1. The SMILES string of the molecule is CC1(C)C(=O)N(C2CCN(C(=O)[C@H](CCc3ccccc3)NC(=O)NC[C@@H]3CCCN3)CC2)c2ccc(F)cc21. The first kappa shape index (κ1) is 28.1. The smallest absolute Gasteiger partial charge is 0.315 e. The van der Waals surface area contributed by atoms with Crippen LogP contribution in [0.3, 0.4) is 0 Å². The number of nitrogens with zero attached hydrogens (tertiary/aromatic N) is 2. The fourth-order valence-corrected chi connectivity index (χ4v) is 6.24. The molecule has 2 aromatic rings. The normalized spacial score (nSPS) is 21.3. The van der Waals surface area contributed by atoms with Crippen LogP contribution < -0.4 is 20.9 Å². The number of hydrogen-bond donors (Lipinski definition) is 3. The molecule has 3 aliphatic rings. The third-order valence-corrected chi connectivity index (χ3v) is 8.63. The highest BCUT2D eigenvalue weighted by Crippen LogP contribution is 2.44. The van der Waals surface area contributed by atoms with E-state index in [1.54, 1.807) is 6.07 Å². The molecular weight excluding hydrogens is 509 g/mol. The molecule has 5 rings (SSSR count). The Hall–Kier alpha value is -3.46. The van der Waals surface area contributed by atoms with Crippen molar-refractivity contribution in [3.63, 3.8) is 0 Å². The number of likely N-dealkylation sites (tertiary alicyclic amines) is 1. The average Bonchev–Trinajstić information content (AvgIpc) is 3.55. The molecule has 40 heavy (non-hydrogen) atoms. The topological polar surface area (TPSA) is 93.8 Å². The fourth-order valence-electron chi connectivity index (χ4n) is 6.24. The van der Waals surface area contributed by atoms with Crippen LogP contribution in [0.5, 0.6) is 0 Å². The third-order valence-electron chi connectivity index (χ3n) is 8.63. The molecule has 3 heterocycles. The summed E-state index contributed by atoms with van der Waals surface area (Å²) in [7, 11) is 0. The van der Waals surface area contributed by atoms with E-state index in [4.69, 9.17) is 0 Å². The third kappa shape index (κ3) is 5.99. The lowest BCUT2D eigenvalue weighted by Crippen LogP contribution is -2.56. The molecule has 214 valence electrons. The van der Waals surface area contributed by atoms with E-state index in [0.29, 0.717) is 50.9 Å². The Morgan fingerprint density at radius 2 is 1.85 bits per heavy atom. The number of nitrogens with one attached hydrogen (secondary N) is 3. The molecule has 2 atom stereocenters. The van der Waals surface area contributed by atoms with E-state index in [1.807, 2.05) is 54.0 Å². The van der Waals surface area contributed by atoms with Gasteiger partial charge in [0.1, 0.15) is 11.9 Å². The number of halogens is 1. The van der Waals surface area contributed by atoms with Gasteiger partial charge in [-0.25, -0.2) is 9.18 Å². The Morgan fingerprint density at radius 3 is 2.55 bits per heavy atom. The molecule has 0 aliphatic carbocycles. The van der Waals surface area contributed by atoms with Crippen LogP contribution in [-0.4, -0.2) is 67.0 Å². The maximum Gasteiger partial charge on any atom is 0.315 e. The largest absolute Gasteiger partial charge is 0.341 e. The summed E-state index contributed by atoms with van der Waals surface area (Å²) in [4.78, 5) is 43.5. The van der Waals surface area contributed by atoms with Crippen LogP contribution in [-0.2, 0) is 21.4 Å². The zero-order chi connectivity index (χ0) is 28.3. The van der Waals surface area contributed by atoms with E-state index < -0.39 is 11.5 Å². The van der Waals surface area contributed by atoms with Crippen LogP contribution in [0.25, 0.3) is 0 Å². The van der Waals surface area contributed by atoms with Gasteiger partial charge in [-0.15, -0.1) is 0 Å². The molecule has 4 amide bonds. The number of benzene rings is 2. The number of anilines is 1. The summed E-state index contributed by atoms with van der Waals surface area (Å²) in [6, 6.07) is 13.7. The van der Waals surface area contributed by atoms with Gasteiger partial charge in [0.15, 0.2) is 0 Å². The van der Waals surface area contributed by atoms with Crippen molar-refractivity contribution in [2.24, 2.45) is 0 Å². The highest BCUT2D eigenvalue weighted by molar-refractivity contribution is 6.08.